The third-order valence-corrected chi connectivity index (χ3v) is 8.09. The summed E-state index contributed by atoms with van der Waals surface area (Å²) in [6.45, 7) is 8.75. The molecule has 1 saturated heterocycles. The van der Waals surface area contributed by atoms with Gasteiger partial charge in [0.25, 0.3) is 0 Å². The summed E-state index contributed by atoms with van der Waals surface area (Å²) in [5.41, 5.74) is 3.43. The molecule has 3 heterocycles. The predicted octanol–water partition coefficient (Wildman–Crippen LogP) is 4.86. The Hall–Kier alpha value is -3.01. The number of benzene rings is 2. The molecule has 198 valence electrons. The molecule has 0 unspecified atom stereocenters. The number of halogens is 1. The van der Waals surface area contributed by atoms with Gasteiger partial charge >= 0.3 is 0 Å². The number of hydrogen-bond donors (Lipinski definition) is 0. The fourth-order valence-corrected chi connectivity index (χ4v) is 5.29. The Bertz CT molecular complexity index is 1410. The van der Waals surface area contributed by atoms with Crippen LogP contribution in [-0.4, -0.2) is 81.3 Å². The van der Waals surface area contributed by atoms with Crippen molar-refractivity contribution in [3.8, 4) is 23.0 Å². The number of imidazole rings is 1. The summed E-state index contributed by atoms with van der Waals surface area (Å²) < 4.78 is 15.4. The first-order valence-corrected chi connectivity index (χ1v) is 14.0. The first kappa shape index (κ1) is 25.3. The van der Waals surface area contributed by atoms with E-state index in [0.717, 1.165) is 72.8 Å². The number of nitrogens with zero attached hydrogens (tertiary/aromatic N) is 6. The molecule has 0 bridgehead atoms. The van der Waals surface area contributed by atoms with Crippen molar-refractivity contribution in [3.63, 3.8) is 0 Å². The highest BCUT2D eigenvalue weighted by atomic mass is 79.9. The number of fused-ring (bicyclic) bond motifs is 1. The minimum Gasteiger partial charge on any atom is -0.492 e. The van der Waals surface area contributed by atoms with E-state index in [1.54, 1.807) is 6.33 Å². The van der Waals surface area contributed by atoms with Crippen molar-refractivity contribution >= 4 is 27.1 Å². The zero-order chi connectivity index (χ0) is 26.1. The lowest BCUT2D eigenvalue weighted by molar-refractivity contribution is 0.133. The van der Waals surface area contributed by atoms with Crippen LogP contribution in [0.15, 0.2) is 59.3 Å². The number of piperazine rings is 1. The second-order valence-electron chi connectivity index (χ2n) is 10.5. The zero-order valence-corrected chi connectivity index (χ0v) is 23.5. The zero-order valence-electron chi connectivity index (χ0n) is 21.9. The van der Waals surface area contributed by atoms with E-state index in [-0.39, 0.29) is 5.60 Å². The Kier molecular flexibility index (Phi) is 7.07. The second kappa shape index (κ2) is 10.6. The number of aromatic nitrogens is 4. The quantitative estimate of drug-likeness (QED) is 0.282. The van der Waals surface area contributed by atoms with E-state index in [1.165, 1.54) is 5.56 Å². The Morgan fingerprint density at radius 2 is 1.79 bits per heavy atom. The van der Waals surface area contributed by atoms with Crippen LogP contribution in [0.2, 0.25) is 0 Å². The van der Waals surface area contributed by atoms with Crippen molar-refractivity contribution in [3.05, 3.63) is 64.9 Å². The molecule has 0 atom stereocenters. The van der Waals surface area contributed by atoms with Gasteiger partial charge in [-0.3, -0.25) is 4.90 Å². The molecule has 2 aromatic carbocycles. The van der Waals surface area contributed by atoms with E-state index in [2.05, 4.69) is 84.6 Å². The van der Waals surface area contributed by atoms with Crippen molar-refractivity contribution < 1.29 is 9.47 Å². The van der Waals surface area contributed by atoms with Gasteiger partial charge in [0.2, 0.25) is 5.88 Å². The molecule has 0 N–H and O–H groups in total. The summed E-state index contributed by atoms with van der Waals surface area (Å²) in [5.74, 6) is 2.19. The van der Waals surface area contributed by atoms with Gasteiger partial charge in [0.1, 0.15) is 30.1 Å². The first-order chi connectivity index (χ1) is 18.5. The van der Waals surface area contributed by atoms with Gasteiger partial charge in [0.15, 0.2) is 11.2 Å². The first-order valence-electron chi connectivity index (χ1n) is 13.3. The van der Waals surface area contributed by atoms with Crippen molar-refractivity contribution in [2.45, 2.75) is 31.9 Å². The smallest absolute Gasteiger partial charge is 0.245 e. The van der Waals surface area contributed by atoms with Crippen molar-refractivity contribution in [1.82, 2.24) is 29.3 Å². The van der Waals surface area contributed by atoms with Gasteiger partial charge in [-0.05, 0) is 66.5 Å². The predicted molar refractivity (Wildman–Crippen MR) is 152 cm³/mol. The molecule has 38 heavy (non-hydrogen) atoms. The molecular formula is C29H33BrN6O2. The fourth-order valence-electron chi connectivity index (χ4n) is 4.75. The van der Waals surface area contributed by atoms with Crippen LogP contribution < -0.4 is 9.47 Å². The molecule has 4 aromatic rings. The van der Waals surface area contributed by atoms with Crippen molar-refractivity contribution in [1.29, 1.82) is 0 Å². The van der Waals surface area contributed by atoms with Gasteiger partial charge in [-0.25, -0.2) is 9.97 Å². The standard InChI is InChI=1S/C29H33BrN6O2/c1-29(10-11-29)38-28-25-27(31-20-32-28)36(19-21-6-4-3-5-7-21)26(33-25)23-9-8-22(18-24(23)30)37-17-16-35-14-12-34(2)13-15-35/h3-9,18,20H,10-17,19H2,1-2H3. The molecule has 2 aromatic heterocycles. The second-order valence-corrected chi connectivity index (χ2v) is 11.4. The number of hydrogen-bond acceptors (Lipinski definition) is 7. The minimum absolute atomic E-state index is 0.158. The van der Waals surface area contributed by atoms with Crippen LogP contribution in [0.25, 0.3) is 22.6 Å². The highest BCUT2D eigenvalue weighted by molar-refractivity contribution is 9.10. The molecule has 0 radical (unpaired) electrons. The molecule has 0 spiro atoms. The van der Waals surface area contributed by atoms with Gasteiger partial charge in [-0.1, -0.05) is 30.3 Å². The van der Waals surface area contributed by atoms with Crippen LogP contribution in [0, 0.1) is 0 Å². The molecule has 2 fully saturated rings. The summed E-state index contributed by atoms with van der Waals surface area (Å²) in [6, 6.07) is 16.5. The Morgan fingerprint density at radius 3 is 2.53 bits per heavy atom. The summed E-state index contributed by atoms with van der Waals surface area (Å²) in [5, 5.41) is 0. The summed E-state index contributed by atoms with van der Waals surface area (Å²) >= 11 is 3.80. The lowest BCUT2D eigenvalue weighted by Crippen LogP contribution is -2.45. The van der Waals surface area contributed by atoms with E-state index < -0.39 is 0 Å². The molecule has 1 aliphatic heterocycles. The Morgan fingerprint density at radius 1 is 1.00 bits per heavy atom. The Balaban J connectivity index is 1.28. The summed E-state index contributed by atoms with van der Waals surface area (Å²) in [4.78, 5) is 19.0. The lowest BCUT2D eigenvalue weighted by atomic mass is 10.2. The average molecular weight is 578 g/mol. The fraction of sp³-hybridized carbons (Fsp3) is 0.414. The van der Waals surface area contributed by atoms with Crippen molar-refractivity contribution in [2.24, 2.45) is 0 Å². The molecule has 1 aliphatic carbocycles. The molecule has 6 rings (SSSR count). The maximum Gasteiger partial charge on any atom is 0.245 e. The van der Waals surface area contributed by atoms with Gasteiger partial charge in [0.05, 0.1) is 6.54 Å². The summed E-state index contributed by atoms with van der Waals surface area (Å²) in [7, 11) is 2.18. The van der Waals surface area contributed by atoms with Crippen LogP contribution in [0.1, 0.15) is 25.3 Å². The highest BCUT2D eigenvalue weighted by Gasteiger charge is 2.41. The molecule has 1 saturated carbocycles. The van der Waals surface area contributed by atoms with Crippen LogP contribution in [-0.2, 0) is 6.54 Å². The van der Waals surface area contributed by atoms with Crippen molar-refractivity contribution in [2.75, 3.05) is 46.4 Å². The van der Waals surface area contributed by atoms with Crippen LogP contribution in [0.3, 0.4) is 0 Å². The largest absolute Gasteiger partial charge is 0.492 e. The molecule has 2 aliphatic rings. The van der Waals surface area contributed by atoms with Gasteiger partial charge in [-0.15, -0.1) is 0 Å². The van der Waals surface area contributed by atoms with Crippen LogP contribution >= 0.6 is 15.9 Å². The average Bonchev–Trinajstić information content (AvgIpc) is 3.54. The monoisotopic (exact) mass is 576 g/mol. The summed E-state index contributed by atoms with van der Waals surface area (Å²) in [6.07, 6.45) is 3.62. The molecular weight excluding hydrogens is 544 g/mol. The van der Waals surface area contributed by atoms with Gasteiger partial charge < -0.3 is 18.9 Å². The number of rotatable bonds is 9. The number of ether oxygens (including phenoxy) is 2. The van der Waals surface area contributed by atoms with E-state index in [1.807, 2.05) is 18.2 Å². The highest BCUT2D eigenvalue weighted by Crippen LogP contribution is 2.41. The number of likely N-dealkylation sites (N-methyl/N-ethyl adjacent to an activating group) is 1. The van der Waals surface area contributed by atoms with E-state index in [0.29, 0.717) is 24.5 Å². The van der Waals surface area contributed by atoms with Crippen LogP contribution in [0.5, 0.6) is 11.6 Å². The lowest BCUT2D eigenvalue weighted by Gasteiger charge is -2.32. The SMILES string of the molecule is CN1CCN(CCOc2ccc(-c3nc4c(OC5(C)CC5)ncnc4n3Cc3ccccc3)c(Br)c2)CC1. The minimum atomic E-state index is -0.158. The Labute approximate surface area is 231 Å². The van der Waals surface area contributed by atoms with Crippen LogP contribution in [0.4, 0.5) is 0 Å². The molecule has 0 amide bonds. The topological polar surface area (TPSA) is 68.5 Å². The maximum atomic E-state index is 6.26. The normalized spacial score (nSPS) is 17.6. The molecule has 8 nitrogen and oxygen atoms in total. The maximum absolute atomic E-state index is 6.26. The van der Waals surface area contributed by atoms with Gasteiger partial charge in [-0.2, -0.15) is 4.98 Å². The third kappa shape index (κ3) is 5.55. The third-order valence-electron chi connectivity index (χ3n) is 7.43. The van der Waals surface area contributed by atoms with E-state index >= 15 is 0 Å². The van der Waals surface area contributed by atoms with E-state index in [4.69, 9.17) is 14.5 Å². The van der Waals surface area contributed by atoms with Gasteiger partial charge in [0, 0.05) is 42.8 Å². The molecule has 9 heteroatoms. The van der Waals surface area contributed by atoms with E-state index in [9.17, 15) is 0 Å².